The highest BCUT2D eigenvalue weighted by molar-refractivity contribution is 6.29. The summed E-state index contributed by atoms with van der Waals surface area (Å²) in [6.45, 7) is 7.08. The standard InChI is InChI=1S/C16H20ClN3/c1-11(2)16-19-14(17)10-15(20-16)18-9-8-13-7-5-4-6-12(13)3/h4-7,10-11H,8-9H2,1-3H3,(H,18,19,20). The van der Waals surface area contributed by atoms with E-state index < -0.39 is 0 Å². The number of halogens is 1. The number of nitrogens with one attached hydrogen (secondary N) is 1. The Hall–Kier alpha value is -1.61. The van der Waals surface area contributed by atoms with Gasteiger partial charge in [0.05, 0.1) is 0 Å². The molecule has 0 radical (unpaired) electrons. The molecule has 0 unspecified atom stereocenters. The predicted octanol–water partition coefficient (Wildman–Crippen LogP) is 4.22. The topological polar surface area (TPSA) is 37.8 Å². The first-order valence-corrected chi connectivity index (χ1v) is 7.27. The normalized spacial score (nSPS) is 10.8. The molecule has 0 aliphatic rings. The molecule has 1 heterocycles. The molecule has 0 amide bonds. The predicted molar refractivity (Wildman–Crippen MR) is 84.5 cm³/mol. The summed E-state index contributed by atoms with van der Waals surface area (Å²) in [5.41, 5.74) is 2.67. The average Bonchev–Trinajstić information content (AvgIpc) is 2.40. The quantitative estimate of drug-likeness (QED) is 0.838. The first-order valence-electron chi connectivity index (χ1n) is 6.89. The van der Waals surface area contributed by atoms with Gasteiger partial charge in [0.2, 0.25) is 0 Å². The Bertz CT molecular complexity index is 582. The molecule has 0 spiro atoms. The van der Waals surface area contributed by atoms with Gasteiger partial charge in [-0.1, -0.05) is 49.7 Å². The molecule has 0 fully saturated rings. The second-order valence-electron chi connectivity index (χ2n) is 5.19. The van der Waals surface area contributed by atoms with Crippen molar-refractivity contribution in [3.63, 3.8) is 0 Å². The third-order valence-electron chi connectivity index (χ3n) is 3.19. The maximum Gasteiger partial charge on any atom is 0.135 e. The second kappa shape index (κ2) is 6.71. The van der Waals surface area contributed by atoms with E-state index in [9.17, 15) is 0 Å². The molecule has 1 N–H and O–H groups in total. The van der Waals surface area contributed by atoms with Crippen LogP contribution in [0.25, 0.3) is 0 Å². The summed E-state index contributed by atoms with van der Waals surface area (Å²) in [4.78, 5) is 8.71. The number of hydrogen-bond acceptors (Lipinski definition) is 3. The van der Waals surface area contributed by atoms with Crippen LogP contribution in [0.2, 0.25) is 5.15 Å². The Morgan fingerprint density at radius 2 is 1.95 bits per heavy atom. The highest BCUT2D eigenvalue weighted by Gasteiger charge is 2.07. The first kappa shape index (κ1) is 14.8. The lowest BCUT2D eigenvalue weighted by atomic mass is 10.1. The fraction of sp³-hybridized carbons (Fsp3) is 0.375. The minimum atomic E-state index is 0.269. The van der Waals surface area contributed by atoms with E-state index in [-0.39, 0.29) is 5.92 Å². The number of benzene rings is 1. The molecule has 2 rings (SSSR count). The van der Waals surface area contributed by atoms with Crippen molar-refractivity contribution in [2.24, 2.45) is 0 Å². The Morgan fingerprint density at radius 1 is 1.20 bits per heavy atom. The van der Waals surface area contributed by atoms with Crippen LogP contribution < -0.4 is 5.32 Å². The van der Waals surface area contributed by atoms with Gasteiger partial charge in [0, 0.05) is 18.5 Å². The molecular formula is C16H20ClN3. The van der Waals surface area contributed by atoms with Crippen molar-refractivity contribution >= 4 is 17.4 Å². The van der Waals surface area contributed by atoms with E-state index >= 15 is 0 Å². The van der Waals surface area contributed by atoms with Crippen molar-refractivity contribution in [2.75, 3.05) is 11.9 Å². The maximum absolute atomic E-state index is 6.02. The van der Waals surface area contributed by atoms with Gasteiger partial charge in [-0.05, 0) is 24.5 Å². The van der Waals surface area contributed by atoms with Gasteiger partial charge in [-0.25, -0.2) is 9.97 Å². The number of anilines is 1. The molecule has 4 heteroatoms. The van der Waals surface area contributed by atoms with E-state index in [0.717, 1.165) is 24.6 Å². The van der Waals surface area contributed by atoms with Gasteiger partial charge in [-0.15, -0.1) is 0 Å². The van der Waals surface area contributed by atoms with Gasteiger partial charge < -0.3 is 5.32 Å². The molecule has 106 valence electrons. The molecule has 0 bridgehead atoms. The lowest BCUT2D eigenvalue weighted by Crippen LogP contribution is -2.09. The van der Waals surface area contributed by atoms with Crippen LogP contribution in [0.1, 0.15) is 36.7 Å². The maximum atomic E-state index is 6.02. The fourth-order valence-electron chi connectivity index (χ4n) is 2.00. The summed E-state index contributed by atoms with van der Waals surface area (Å²) in [5, 5.41) is 3.81. The van der Waals surface area contributed by atoms with Gasteiger partial charge in [-0.2, -0.15) is 0 Å². The Balaban J connectivity index is 1.99. The van der Waals surface area contributed by atoms with Gasteiger partial charge in [0.15, 0.2) is 0 Å². The zero-order valence-corrected chi connectivity index (χ0v) is 12.9. The lowest BCUT2D eigenvalue weighted by molar-refractivity contribution is 0.774. The largest absolute Gasteiger partial charge is 0.370 e. The van der Waals surface area contributed by atoms with E-state index in [1.165, 1.54) is 11.1 Å². The van der Waals surface area contributed by atoms with Crippen molar-refractivity contribution in [3.8, 4) is 0 Å². The number of nitrogens with zero attached hydrogens (tertiary/aromatic N) is 2. The van der Waals surface area contributed by atoms with Gasteiger partial charge in [-0.3, -0.25) is 0 Å². The van der Waals surface area contributed by atoms with Crippen LogP contribution in [0.15, 0.2) is 30.3 Å². The van der Waals surface area contributed by atoms with Crippen LogP contribution in [-0.4, -0.2) is 16.5 Å². The summed E-state index contributed by atoms with van der Waals surface area (Å²) < 4.78 is 0. The Morgan fingerprint density at radius 3 is 2.65 bits per heavy atom. The molecule has 3 nitrogen and oxygen atoms in total. The molecular weight excluding hydrogens is 270 g/mol. The highest BCUT2D eigenvalue weighted by atomic mass is 35.5. The van der Waals surface area contributed by atoms with Crippen molar-refractivity contribution in [1.82, 2.24) is 9.97 Å². The van der Waals surface area contributed by atoms with E-state index in [1.54, 1.807) is 6.07 Å². The third kappa shape index (κ3) is 3.94. The van der Waals surface area contributed by atoms with Crippen LogP contribution in [-0.2, 0) is 6.42 Å². The van der Waals surface area contributed by atoms with E-state index in [2.05, 4.69) is 60.3 Å². The Labute approximate surface area is 125 Å². The highest BCUT2D eigenvalue weighted by Crippen LogP contribution is 2.17. The molecule has 0 aliphatic heterocycles. The van der Waals surface area contributed by atoms with E-state index in [4.69, 9.17) is 11.6 Å². The smallest absolute Gasteiger partial charge is 0.135 e. The molecule has 0 saturated carbocycles. The summed E-state index contributed by atoms with van der Waals surface area (Å²) in [6.07, 6.45) is 0.964. The van der Waals surface area contributed by atoms with Crippen molar-refractivity contribution in [3.05, 3.63) is 52.4 Å². The van der Waals surface area contributed by atoms with Crippen molar-refractivity contribution < 1.29 is 0 Å². The van der Waals surface area contributed by atoms with Crippen LogP contribution >= 0.6 is 11.6 Å². The van der Waals surface area contributed by atoms with Crippen molar-refractivity contribution in [2.45, 2.75) is 33.1 Å². The number of hydrogen-bond donors (Lipinski definition) is 1. The summed E-state index contributed by atoms with van der Waals surface area (Å²) in [5.74, 6) is 1.84. The van der Waals surface area contributed by atoms with Gasteiger partial charge in [0.25, 0.3) is 0 Å². The number of aryl methyl sites for hydroxylation is 1. The monoisotopic (exact) mass is 289 g/mol. The Kier molecular flexibility index (Phi) is 4.96. The van der Waals surface area contributed by atoms with Crippen LogP contribution in [0, 0.1) is 6.92 Å². The molecule has 20 heavy (non-hydrogen) atoms. The van der Waals surface area contributed by atoms with Crippen LogP contribution in [0.5, 0.6) is 0 Å². The third-order valence-corrected chi connectivity index (χ3v) is 3.38. The second-order valence-corrected chi connectivity index (χ2v) is 5.58. The molecule has 2 aromatic rings. The molecule has 0 atom stereocenters. The zero-order chi connectivity index (χ0) is 14.5. The van der Waals surface area contributed by atoms with Crippen molar-refractivity contribution in [1.29, 1.82) is 0 Å². The van der Waals surface area contributed by atoms with Gasteiger partial charge in [0.1, 0.15) is 16.8 Å². The van der Waals surface area contributed by atoms with E-state index in [0.29, 0.717) is 5.15 Å². The number of rotatable bonds is 5. The minimum Gasteiger partial charge on any atom is -0.370 e. The zero-order valence-electron chi connectivity index (χ0n) is 12.2. The van der Waals surface area contributed by atoms with E-state index in [1.807, 2.05) is 0 Å². The van der Waals surface area contributed by atoms with Crippen LogP contribution in [0.3, 0.4) is 0 Å². The summed E-state index contributed by atoms with van der Waals surface area (Å²) in [6, 6.07) is 10.2. The average molecular weight is 290 g/mol. The first-order chi connectivity index (χ1) is 9.56. The molecule has 0 aliphatic carbocycles. The lowest BCUT2D eigenvalue weighted by Gasteiger charge is -2.10. The summed E-state index contributed by atoms with van der Waals surface area (Å²) >= 11 is 6.02. The van der Waals surface area contributed by atoms with Crippen LogP contribution in [0.4, 0.5) is 5.82 Å². The SMILES string of the molecule is Cc1ccccc1CCNc1cc(Cl)nc(C(C)C)n1. The molecule has 0 saturated heterocycles. The van der Waals surface area contributed by atoms with Gasteiger partial charge >= 0.3 is 0 Å². The summed E-state index contributed by atoms with van der Waals surface area (Å²) in [7, 11) is 0. The number of aromatic nitrogens is 2. The minimum absolute atomic E-state index is 0.269. The molecule has 1 aromatic carbocycles. The molecule has 1 aromatic heterocycles. The fourth-order valence-corrected chi connectivity index (χ4v) is 2.19.